The van der Waals surface area contributed by atoms with Crippen molar-refractivity contribution >= 4 is 0 Å². The van der Waals surface area contributed by atoms with Gasteiger partial charge < -0.3 is 9.72 Å². The van der Waals surface area contributed by atoms with E-state index in [0.29, 0.717) is 11.6 Å². The molecule has 2 aromatic rings. The monoisotopic (exact) mass is 202 g/mol. The minimum atomic E-state index is -0.220. The number of H-pyrrole nitrogens is 1. The fourth-order valence-electron chi connectivity index (χ4n) is 1.29. The van der Waals surface area contributed by atoms with Crippen LogP contribution < -0.4 is 10.3 Å². The lowest BCUT2D eigenvalue weighted by Gasteiger charge is -2.01. The number of ether oxygens (including phenoxy) is 1. The van der Waals surface area contributed by atoms with Crippen molar-refractivity contribution in [2.45, 2.75) is 0 Å². The smallest absolute Gasteiger partial charge is 0.274 e. The van der Waals surface area contributed by atoms with Crippen LogP contribution in [0.25, 0.3) is 11.3 Å². The van der Waals surface area contributed by atoms with Gasteiger partial charge in [0.2, 0.25) is 5.88 Å². The van der Waals surface area contributed by atoms with Gasteiger partial charge >= 0.3 is 0 Å². The van der Waals surface area contributed by atoms with Crippen LogP contribution >= 0.6 is 0 Å². The van der Waals surface area contributed by atoms with E-state index in [0.717, 1.165) is 5.56 Å². The zero-order chi connectivity index (χ0) is 10.7. The summed E-state index contributed by atoms with van der Waals surface area (Å²) in [7, 11) is 1.51. The fourth-order valence-corrected chi connectivity index (χ4v) is 1.29. The molecule has 0 unspecified atom stereocenters. The molecule has 1 N–H and O–H groups in total. The number of aromatic amines is 1. The van der Waals surface area contributed by atoms with Crippen molar-refractivity contribution in [2.75, 3.05) is 7.11 Å². The number of nitrogens with one attached hydrogen (secondary N) is 1. The molecule has 0 fully saturated rings. The summed E-state index contributed by atoms with van der Waals surface area (Å²) in [5.74, 6) is 0.397. The van der Waals surface area contributed by atoms with Crippen molar-refractivity contribution in [2.24, 2.45) is 0 Å². The van der Waals surface area contributed by atoms with Crippen LogP contribution in [0.2, 0.25) is 0 Å². The molecule has 0 spiro atoms. The van der Waals surface area contributed by atoms with Crippen LogP contribution in [0.3, 0.4) is 0 Å². The Kier molecular flexibility index (Phi) is 2.49. The zero-order valence-corrected chi connectivity index (χ0v) is 8.23. The molecule has 0 amide bonds. The molecule has 0 saturated heterocycles. The van der Waals surface area contributed by atoms with Gasteiger partial charge in [0.25, 0.3) is 5.56 Å². The molecule has 4 nitrogen and oxygen atoms in total. The lowest BCUT2D eigenvalue weighted by Crippen LogP contribution is -2.11. The first kappa shape index (κ1) is 9.45. The summed E-state index contributed by atoms with van der Waals surface area (Å²) in [6, 6.07) is 9.26. The van der Waals surface area contributed by atoms with E-state index in [2.05, 4.69) is 9.97 Å². The second kappa shape index (κ2) is 3.96. The van der Waals surface area contributed by atoms with E-state index in [1.165, 1.54) is 13.3 Å². The van der Waals surface area contributed by atoms with Crippen molar-refractivity contribution in [1.29, 1.82) is 0 Å². The third-order valence-electron chi connectivity index (χ3n) is 2.02. The molecule has 0 atom stereocenters. The molecule has 1 aromatic heterocycles. The van der Waals surface area contributed by atoms with Crippen molar-refractivity contribution in [3.05, 3.63) is 46.9 Å². The minimum Gasteiger partial charge on any atom is -0.480 e. The van der Waals surface area contributed by atoms with Gasteiger partial charge in [0.05, 0.1) is 13.3 Å². The number of nitrogens with zero attached hydrogens (tertiary/aromatic N) is 1. The van der Waals surface area contributed by atoms with Crippen LogP contribution in [-0.4, -0.2) is 17.1 Å². The number of hydrogen-bond donors (Lipinski definition) is 1. The highest BCUT2D eigenvalue weighted by Crippen LogP contribution is 2.13. The first-order chi connectivity index (χ1) is 7.31. The zero-order valence-electron chi connectivity index (χ0n) is 8.23. The van der Waals surface area contributed by atoms with Crippen molar-refractivity contribution < 1.29 is 4.74 Å². The van der Waals surface area contributed by atoms with E-state index in [1.54, 1.807) is 0 Å². The standard InChI is InChI=1S/C11H10N2O2/c1-15-9-7-12-11(14)10(13-9)8-5-3-2-4-6-8/h2-7H,1H3,(H,12,14). The number of methoxy groups -OCH3 is 1. The lowest BCUT2D eigenvalue weighted by atomic mass is 10.2. The molecule has 0 radical (unpaired) electrons. The van der Waals surface area contributed by atoms with Crippen LogP contribution in [0.4, 0.5) is 0 Å². The molecular weight excluding hydrogens is 192 g/mol. The second-order valence-corrected chi connectivity index (χ2v) is 2.99. The SMILES string of the molecule is COc1c[nH]c(=O)c(-c2ccccc2)n1. The van der Waals surface area contributed by atoms with Crippen LogP contribution in [0, 0.1) is 0 Å². The summed E-state index contributed by atoms with van der Waals surface area (Å²) in [6.45, 7) is 0. The Morgan fingerprint density at radius 3 is 2.67 bits per heavy atom. The molecule has 0 bridgehead atoms. The van der Waals surface area contributed by atoms with E-state index >= 15 is 0 Å². The fraction of sp³-hybridized carbons (Fsp3) is 0.0909. The third kappa shape index (κ3) is 1.88. The van der Waals surface area contributed by atoms with Crippen LogP contribution in [0.1, 0.15) is 0 Å². The Morgan fingerprint density at radius 1 is 1.27 bits per heavy atom. The maximum Gasteiger partial charge on any atom is 0.274 e. The van der Waals surface area contributed by atoms with Gasteiger partial charge in [0, 0.05) is 5.56 Å². The molecule has 0 saturated carbocycles. The molecule has 0 aliphatic heterocycles. The summed E-state index contributed by atoms with van der Waals surface area (Å²) < 4.78 is 4.95. The average Bonchev–Trinajstić information content (AvgIpc) is 2.31. The van der Waals surface area contributed by atoms with Gasteiger partial charge in [-0.25, -0.2) is 4.98 Å². The maximum absolute atomic E-state index is 11.5. The van der Waals surface area contributed by atoms with Gasteiger partial charge in [-0.05, 0) is 0 Å². The third-order valence-corrected chi connectivity index (χ3v) is 2.02. The summed E-state index contributed by atoms with van der Waals surface area (Å²) in [5.41, 5.74) is 0.926. The Hall–Kier alpha value is -2.10. The molecule has 1 aromatic carbocycles. The molecule has 1 heterocycles. The molecular formula is C11H10N2O2. The summed E-state index contributed by atoms with van der Waals surface area (Å²) in [5, 5.41) is 0. The van der Waals surface area contributed by atoms with Crippen LogP contribution in [0.5, 0.6) is 5.88 Å². The maximum atomic E-state index is 11.5. The number of aromatic nitrogens is 2. The predicted octanol–water partition coefficient (Wildman–Crippen LogP) is 1.45. The number of hydrogen-bond acceptors (Lipinski definition) is 3. The molecule has 4 heteroatoms. The Bertz CT molecular complexity index is 505. The first-order valence-electron chi connectivity index (χ1n) is 4.50. The molecule has 0 aliphatic carbocycles. The highest BCUT2D eigenvalue weighted by atomic mass is 16.5. The highest BCUT2D eigenvalue weighted by Gasteiger charge is 2.05. The molecule has 2 rings (SSSR count). The highest BCUT2D eigenvalue weighted by molar-refractivity contribution is 5.57. The van der Waals surface area contributed by atoms with Crippen molar-refractivity contribution in [1.82, 2.24) is 9.97 Å². The van der Waals surface area contributed by atoms with E-state index in [-0.39, 0.29) is 5.56 Å². The van der Waals surface area contributed by atoms with Crippen molar-refractivity contribution in [3.8, 4) is 17.1 Å². The molecule has 76 valence electrons. The van der Waals surface area contributed by atoms with E-state index < -0.39 is 0 Å². The van der Waals surface area contributed by atoms with Gasteiger partial charge in [-0.3, -0.25) is 4.79 Å². The quantitative estimate of drug-likeness (QED) is 0.801. The summed E-state index contributed by atoms with van der Waals surface area (Å²) in [4.78, 5) is 18.2. The normalized spacial score (nSPS) is 9.93. The lowest BCUT2D eigenvalue weighted by molar-refractivity contribution is 0.396. The van der Waals surface area contributed by atoms with Crippen LogP contribution in [-0.2, 0) is 0 Å². The van der Waals surface area contributed by atoms with Gasteiger partial charge in [-0.2, -0.15) is 0 Å². The first-order valence-corrected chi connectivity index (χ1v) is 4.50. The van der Waals surface area contributed by atoms with Gasteiger partial charge in [0.1, 0.15) is 5.69 Å². The predicted molar refractivity (Wildman–Crippen MR) is 56.8 cm³/mol. The van der Waals surface area contributed by atoms with E-state index in [1.807, 2.05) is 30.3 Å². The largest absolute Gasteiger partial charge is 0.480 e. The number of benzene rings is 1. The molecule has 15 heavy (non-hydrogen) atoms. The Balaban J connectivity index is 2.57. The Morgan fingerprint density at radius 2 is 2.00 bits per heavy atom. The molecule has 0 aliphatic rings. The van der Waals surface area contributed by atoms with E-state index in [4.69, 9.17) is 4.74 Å². The topological polar surface area (TPSA) is 55.0 Å². The van der Waals surface area contributed by atoms with Gasteiger partial charge in [-0.15, -0.1) is 0 Å². The van der Waals surface area contributed by atoms with Gasteiger partial charge in [0.15, 0.2) is 0 Å². The minimum absolute atomic E-state index is 0.220. The summed E-state index contributed by atoms with van der Waals surface area (Å²) in [6.07, 6.45) is 1.44. The summed E-state index contributed by atoms with van der Waals surface area (Å²) >= 11 is 0. The van der Waals surface area contributed by atoms with E-state index in [9.17, 15) is 4.79 Å². The second-order valence-electron chi connectivity index (χ2n) is 2.99. The average molecular weight is 202 g/mol. The number of rotatable bonds is 2. The Labute approximate surface area is 86.6 Å². The van der Waals surface area contributed by atoms with Crippen LogP contribution in [0.15, 0.2) is 41.3 Å². The van der Waals surface area contributed by atoms with Crippen molar-refractivity contribution in [3.63, 3.8) is 0 Å². The van der Waals surface area contributed by atoms with Gasteiger partial charge in [-0.1, -0.05) is 30.3 Å².